The third-order valence-electron chi connectivity index (χ3n) is 3.70. The molecule has 26 heavy (non-hydrogen) atoms. The van der Waals surface area contributed by atoms with Gasteiger partial charge in [-0.2, -0.15) is 0 Å². The molecule has 0 spiro atoms. The van der Waals surface area contributed by atoms with E-state index in [9.17, 15) is 0 Å². The van der Waals surface area contributed by atoms with Crippen molar-refractivity contribution in [2.45, 2.75) is 13.1 Å². The monoisotopic (exact) mass is 415 g/mol. The second kappa shape index (κ2) is 9.19. The molecule has 0 saturated carbocycles. The zero-order valence-corrected chi connectivity index (χ0v) is 17.2. The summed E-state index contributed by atoms with van der Waals surface area (Å²) in [6.45, 7) is 2.54. The smallest absolute Gasteiger partial charge is 0.0697 e. The standard InChI is InChI=1S/C19H17N3S4/c1-3-7-20-15(5-1)11-22(12-16-6-2-4-8-21-16)13-17-14-25-19(26-17)18-23-9-10-24-18/h1-10,14H,11-13H2. The van der Waals surface area contributed by atoms with Gasteiger partial charge in [-0.15, -0.1) is 0 Å². The molecular formula is C19H17N3S4. The Bertz CT molecular complexity index is 783. The van der Waals surface area contributed by atoms with Crippen LogP contribution in [0.25, 0.3) is 0 Å². The Morgan fingerprint density at radius 1 is 0.731 bits per heavy atom. The maximum absolute atomic E-state index is 4.49. The van der Waals surface area contributed by atoms with Crippen LogP contribution in [0.1, 0.15) is 11.4 Å². The van der Waals surface area contributed by atoms with E-state index < -0.39 is 0 Å². The van der Waals surface area contributed by atoms with Crippen molar-refractivity contribution in [3.8, 4) is 0 Å². The lowest BCUT2D eigenvalue weighted by atomic mass is 10.3. The molecule has 132 valence electrons. The molecule has 2 aliphatic rings. The first-order chi connectivity index (χ1) is 12.9. The van der Waals surface area contributed by atoms with Crippen molar-refractivity contribution in [1.29, 1.82) is 0 Å². The van der Waals surface area contributed by atoms with Crippen LogP contribution in [0.5, 0.6) is 0 Å². The average molecular weight is 416 g/mol. The molecule has 2 aromatic heterocycles. The van der Waals surface area contributed by atoms with Gasteiger partial charge in [0.05, 0.1) is 19.9 Å². The van der Waals surface area contributed by atoms with Crippen molar-refractivity contribution in [3.05, 3.63) is 89.8 Å². The van der Waals surface area contributed by atoms with Crippen LogP contribution >= 0.6 is 47.0 Å². The molecule has 0 aromatic carbocycles. The van der Waals surface area contributed by atoms with Gasteiger partial charge in [-0.05, 0) is 40.5 Å². The van der Waals surface area contributed by atoms with Gasteiger partial charge in [-0.3, -0.25) is 14.9 Å². The summed E-state index contributed by atoms with van der Waals surface area (Å²) in [5.74, 6) is 0. The van der Waals surface area contributed by atoms with E-state index in [1.807, 2.05) is 83.7 Å². The molecule has 0 radical (unpaired) electrons. The number of aromatic nitrogens is 2. The van der Waals surface area contributed by atoms with Crippen LogP contribution in [0.2, 0.25) is 0 Å². The van der Waals surface area contributed by atoms with Gasteiger partial charge < -0.3 is 0 Å². The topological polar surface area (TPSA) is 29.0 Å². The summed E-state index contributed by atoms with van der Waals surface area (Å²) in [6.07, 6.45) is 3.72. The SMILES string of the molecule is C1=CSC(=C2SC=C(CN(Cc3ccccn3)Cc3ccccn3)S2)S1. The highest BCUT2D eigenvalue weighted by Crippen LogP contribution is 2.53. The summed E-state index contributed by atoms with van der Waals surface area (Å²) in [6, 6.07) is 12.2. The summed E-state index contributed by atoms with van der Waals surface area (Å²) < 4.78 is 2.79. The van der Waals surface area contributed by atoms with Crippen LogP contribution in [0, 0.1) is 0 Å². The molecule has 0 aliphatic carbocycles. The fourth-order valence-corrected chi connectivity index (χ4v) is 7.11. The van der Waals surface area contributed by atoms with E-state index in [4.69, 9.17) is 0 Å². The Morgan fingerprint density at radius 2 is 1.38 bits per heavy atom. The third kappa shape index (κ3) is 4.98. The van der Waals surface area contributed by atoms with Crippen LogP contribution < -0.4 is 0 Å². The molecule has 2 aromatic rings. The molecular weight excluding hydrogens is 398 g/mol. The first-order valence-corrected chi connectivity index (χ1v) is 11.6. The van der Waals surface area contributed by atoms with Crippen molar-refractivity contribution < 1.29 is 0 Å². The molecule has 0 N–H and O–H groups in total. The van der Waals surface area contributed by atoms with E-state index in [2.05, 4.69) is 43.2 Å². The van der Waals surface area contributed by atoms with Crippen LogP contribution in [0.15, 0.2) is 78.4 Å². The lowest BCUT2D eigenvalue weighted by Gasteiger charge is -2.22. The van der Waals surface area contributed by atoms with Gasteiger partial charge in [0, 0.05) is 36.9 Å². The van der Waals surface area contributed by atoms with E-state index in [1.165, 1.54) is 13.4 Å². The highest BCUT2D eigenvalue weighted by Gasteiger charge is 2.21. The van der Waals surface area contributed by atoms with E-state index in [1.54, 1.807) is 0 Å². The van der Waals surface area contributed by atoms with Crippen LogP contribution in [0.3, 0.4) is 0 Å². The quantitative estimate of drug-likeness (QED) is 0.582. The summed E-state index contributed by atoms with van der Waals surface area (Å²) in [5, 5.41) is 6.59. The molecule has 3 nitrogen and oxygen atoms in total. The molecule has 0 amide bonds. The Balaban J connectivity index is 1.45. The first-order valence-electron chi connectivity index (χ1n) is 8.15. The molecule has 0 fully saturated rings. The molecule has 4 rings (SSSR count). The molecule has 7 heteroatoms. The second-order valence-electron chi connectivity index (χ2n) is 5.67. The number of rotatable bonds is 6. The third-order valence-corrected chi connectivity index (χ3v) is 8.75. The first kappa shape index (κ1) is 18.3. The predicted octanol–water partition coefficient (Wildman–Crippen LogP) is 5.88. The Kier molecular flexibility index (Phi) is 6.45. The zero-order chi connectivity index (χ0) is 17.6. The lowest BCUT2D eigenvalue weighted by Crippen LogP contribution is -2.25. The van der Waals surface area contributed by atoms with E-state index in [0.29, 0.717) is 0 Å². The molecule has 0 bridgehead atoms. The van der Waals surface area contributed by atoms with E-state index in [-0.39, 0.29) is 0 Å². The summed E-state index contributed by atoms with van der Waals surface area (Å²) in [7, 11) is 0. The largest absolute Gasteiger partial charge is 0.287 e. The van der Waals surface area contributed by atoms with Crippen molar-refractivity contribution >= 4 is 47.0 Å². The predicted molar refractivity (Wildman–Crippen MR) is 117 cm³/mol. The second-order valence-corrected chi connectivity index (χ2v) is 10.0. The van der Waals surface area contributed by atoms with Gasteiger partial charge in [0.1, 0.15) is 0 Å². The number of hydrogen-bond donors (Lipinski definition) is 0. The molecule has 0 atom stereocenters. The molecule has 0 saturated heterocycles. The number of nitrogens with zero attached hydrogens (tertiary/aromatic N) is 3. The molecule has 4 heterocycles. The van der Waals surface area contributed by atoms with Crippen molar-refractivity contribution in [2.24, 2.45) is 0 Å². The summed E-state index contributed by atoms with van der Waals surface area (Å²) in [4.78, 5) is 12.8. The maximum atomic E-state index is 4.49. The van der Waals surface area contributed by atoms with Gasteiger partial charge in [0.2, 0.25) is 0 Å². The highest BCUT2D eigenvalue weighted by molar-refractivity contribution is 8.33. The zero-order valence-electron chi connectivity index (χ0n) is 13.9. The highest BCUT2D eigenvalue weighted by atomic mass is 32.2. The fourth-order valence-electron chi connectivity index (χ4n) is 2.58. The number of thioether (sulfide) groups is 4. The van der Waals surface area contributed by atoms with E-state index in [0.717, 1.165) is 31.0 Å². The molecule has 0 unspecified atom stereocenters. The summed E-state index contributed by atoms with van der Waals surface area (Å²) >= 11 is 7.38. The Labute approximate surface area is 170 Å². The molecule has 2 aliphatic heterocycles. The van der Waals surface area contributed by atoms with Gasteiger partial charge in [0.25, 0.3) is 0 Å². The minimum absolute atomic E-state index is 0.816. The fraction of sp³-hybridized carbons (Fsp3) is 0.158. The number of pyridine rings is 2. The average Bonchev–Trinajstić information content (AvgIpc) is 3.35. The Hall–Kier alpha value is -1.12. The number of hydrogen-bond acceptors (Lipinski definition) is 7. The van der Waals surface area contributed by atoms with Crippen LogP contribution in [0.4, 0.5) is 0 Å². The minimum Gasteiger partial charge on any atom is -0.287 e. The Morgan fingerprint density at radius 3 is 1.96 bits per heavy atom. The minimum atomic E-state index is 0.816. The maximum Gasteiger partial charge on any atom is 0.0697 e. The van der Waals surface area contributed by atoms with Crippen molar-refractivity contribution in [1.82, 2.24) is 14.9 Å². The van der Waals surface area contributed by atoms with Gasteiger partial charge >= 0.3 is 0 Å². The van der Waals surface area contributed by atoms with Crippen molar-refractivity contribution in [2.75, 3.05) is 6.54 Å². The van der Waals surface area contributed by atoms with Gasteiger partial charge in [0.15, 0.2) is 0 Å². The van der Waals surface area contributed by atoms with Gasteiger partial charge in [-0.25, -0.2) is 0 Å². The van der Waals surface area contributed by atoms with E-state index >= 15 is 0 Å². The van der Waals surface area contributed by atoms with Crippen LogP contribution in [-0.2, 0) is 13.1 Å². The lowest BCUT2D eigenvalue weighted by molar-refractivity contribution is 0.277. The van der Waals surface area contributed by atoms with Crippen molar-refractivity contribution in [3.63, 3.8) is 0 Å². The summed E-state index contributed by atoms with van der Waals surface area (Å²) in [5.41, 5.74) is 2.17. The van der Waals surface area contributed by atoms with Gasteiger partial charge in [-0.1, -0.05) is 59.2 Å². The normalized spacial score (nSPS) is 16.6. The van der Waals surface area contributed by atoms with Crippen LogP contribution in [-0.4, -0.2) is 21.4 Å².